The number of anilines is 1. The van der Waals surface area contributed by atoms with Gasteiger partial charge in [0.05, 0.1) is 6.20 Å². The third-order valence-corrected chi connectivity index (χ3v) is 3.22. The lowest BCUT2D eigenvalue weighted by Gasteiger charge is -2.23. The number of rotatable bonds is 4. The first kappa shape index (κ1) is 12.2. The van der Waals surface area contributed by atoms with Crippen LogP contribution in [0.5, 0.6) is 0 Å². The molecule has 2 rings (SSSR count). The van der Waals surface area contributed by atoms with Crippen LogP contribution in [-0.4, -0.2) is 35.6 Å². The topological polar surface area (TPSA) is 28.2 Å². The van der Waals surface area contributed by atoms with Crippen LogP contribution < -0.4 is 5.32 Å². The van der Waals surface area contributed by atoms with E-state index < -0.39 is 11.6 Å². The van der Waals surface area contributed by atoms with Gasteiger partial charge in [-0.25, -0.2) is 13.8 Å². The van der Waals surface area contributed by atoms with Gasteiger partial charge in [-0.2, -0.15) is 0 Å². The normalized spacial score (nSPS) is 20.8. The fourth-order valence-corrected chi connectivity index (χ4v) is 2.30. The Morgan fingerprint density at radius 1 is 1.53 bits per heavy atom. The monoisotopic (exact) mass is 241 g/mol. The molecule has 1 unspecified atom stereocenters. The number of hydrogen-bond donors (Lipinski definition) is 1. The van der Waals surface area contributed by atoms with Gasteiger partial charge in [0.2, 0.25) is 0 Å². The highest BCUT2D eigenvalue weighted by atomic mass is 19.1. The summed E-state index contributed by atoms with van der Waals surface area (Å²) in [5, 5.41) is 2.95. The minimum atomic E-state index is -0.649. The molecule has 0 amide bonds. The zero-order chi connectivity index (χ0) is 12.3. The number of nitrogens with zero attached hydrogens (tertiary/aromatic N) is 2. The molecule has 1 atom stereocenters. The SMILES string of the molecule is CCN1CCCC1CNc1ncc(F)cc1F. The molecule has 1 saturated heterocycles. The number of aromatic nitrogens is 1. The van der Waals surface area contributed by atoms with Crippen molar-refractivity contribution in [3.05, 3.63) is 23.9 Å². The largest absolute Gasteiger partial charge is 0.366 e. The Morgan fingerprint density at radius 3 is 3.06 bits per heavy atom. The second kappa shape index (κ2) is 5.40. The highest BCUT2D eigenvalue weighted by Crippen LogP contribution is 2.18. The molecular weight excluding hydrogens is 224 g/mol. The van der Waals surface area contributed by atoms with Crippen molar-refractivity contribution in [2.24, 2.45) is 0 Å². The average Bonchev–Trinajstić information content (AvgIpc) is 2.75. The molecule has 0 saturated carbocycles. The molecule has 0 bridgehead atoms. The summed E-state index contributed by atoms with van der Waals surface area (Å²) in [7, 11) is 0. The third-order valence-electron chi connectivity index (χ3n) is 3.22. The Kier molecular flexibility index (Phi) is 3.89. The van der Waals surface area contributed by atoms with Crippen molar-refractivity contribution in [1.82, 2.24) is 9.88 Å². The van der Waals surface area contributed by atoms with Gasteiger partial charge in [0, 0.05) is 18.7 Å². The van der Waals surface area contributed by atoms with E-state index in [1.165, 1.54) is 6.42 Å². The highest BCUT2D eigenvalue weighted by molar-refractivity contribution is 5.35. The van der Waals surface area contributed by atoms with Crippen molar-refractivity contribution < 1.29 is 8.78 Å². The minimum Gasteiger partial charge on any atom is -0.366 e. The number of likely N-dealkylation sites (N-methyl/N-ethyl adjacent to an activating group) is 1. The van der Waals surface area contributed by atoms with E-state index in [0.717, 1.165) is 31.8 Å². The molecule has 0 spiro atoms. The van der Waals surface area contributed by atoms with Gasteiger partial charge in [-0.15, -0.1) is 0 Å². The van der Waals surface area contributed by atoms with E-state index in [-0.39, 0.29) is 5.82 Å². The first-order valence-electron chi connectivity index (χ1n) is 5.99. The first-order chi connectivity index (χ1) is 8.20. The average molecular weight is 241 g/mol. The van der Waals surface area contributed by atoms with Crippen LogP contribution in [0.2, 0.25) is 0 Å². The molecule has 1 fully saturated rings. The maximum absolute atomic E-state index is 13.3. The van der Waals surface area contributed by atoms with Crippen LogP contribution in [-0.2, 0) is 0 Å². The highest BCUT2D eigenvalue weighted by Gasteiger charge is 2.22. The second-order valence-electron chi connectivity index (χ2n) is 4.29. The molecule has 2 heterocycles. The van der Waals surface area contributed by atoms with Gasteiger partial charge in [-0.05, 0) is 25.9 Å². The lowest BCUT2D eigenvalue weighted by atomic mass is 10.2. The van der Waals surface area contributed by atoms with Crippen molar-refractivity contribution >= 4 is 5.82 Å². The lowest BCUT2D eigenvalue weighted by molar-refractivity contribution is 0.276. The number of likely N-dealkylation sites (tertiary alicyclic amines) is 1. The Labute approximate surface area is 99.8 Å². The number of nitrogens with one attached hydrogen (secondary N) is 1. The number of pyridine rings is 1. The molecule has 0 aliphatic carbocycles. The summed E-state index contributed by atoms with van der Waals surface area (Å²) in [6.45, 7) is 4.88. The van der Waals surface area contributed by atoms with Crippen molar-refractivity contribution in [2.45, 2.75) is 25.8 Å². The van der Waals surface area contributed by atoms with Gasteiger partial charge in [0.1, 0.15) is 5.82 Å². The van der Waals surface area contributed by atoms with E-state index in [1.54, 1.807) is 0 Å². The predicted molar refractivity (Wildman–Crippen MR) is 62.9 cm³/mol. The van der Waals surface area contributed by atoms with E-state index in [1.807, 2.05) is 0 Å². The molecule has 3 nitrogen and oxygen atoms in total. The standard InChI is InChI=1S/C12H17F2N3/c1-2-17-5-3-4-10(17)8-16-12-11(14)6-9(13)7-15-12/h6-7,10H,2-5,8H2,1H3,(H,15,16). The summed E-state index contributed by atoms with van der Waals surface area (Å²) in [4.78, 5) is 6.07. The number of hydrogen-bond acceptors (Lipinski definition) is 3. The van der Waals surface area contributed by atoms with E-state index >= 15 is 0 Å². The van der Waals surface area contributed by atoms with Gasteiger partial charge < -0.3 is 5.32 Å². The van der Waals surface area contributed by atoms with Gasteiger partial charge in [0.25, 0.3) is 0 Å². The molecule has 1 aliphatic rings. The quantitative estimate of drug-likeness (QED) is 0.876. The summed E-state index contributed by atoms with van der Waals surface area (Å²) >= 11 is 0. The molecule has 1 N–H and O–H groups in total. The van der Waals surface area contributed by atoms with Gasteiger partial charge in [-0.3, -0.25) is 4.90 Å². The zero-order valence-corrected chi connectivity index (χ0v) is 9.92. The summed E-state index contributed by atoms with van der Waals surface area (Å²) < 4.78 is 26.0. The minimum absolute atomic E-state index is 0.134. The zero-order valence-electron chi connectivity index (χ0n) is 9.92. The molecule has 0 aromatic carbocycles. The van der Waals surface area contributed by atoms with E-state index in [2.05, 4.69) is 22.1 Å². The molecule has 1 aromatic heterocycles. The van der Waals surface area contributed by atoms with Gasteiger partial charge in [0.15, 0.2) is 11.6 Å². The second-order valence-corrected chi connectivity index (χ2v) is 4.29. The van der Waals surface area contributed by atoms with Crippen molar-refractivity contribution in [1.29, 1.82) is 0 Å². The van der Waals surface area contributed by atoms with Crippen LogP contribution in [0.1, 0.15) is 19.8 Å². The molecule has 1 aromatic rings. The summed E-state index contributed by atoms with van der Waals surface area (Å²) in [5.74, 6) is -1.15. The molecule has 0 radical (unpaired) electrons. The van der Waals surface area contributed by atoms with Gasteiger partial charge >= 0.3 is 0 Å². The van der Waals surface area contributed by atoms with Crippen LogP contribution in [0.3, 0.4) is 0 Å². The van der Waals surface area contributed by atoms with Crippen molar-refractivity contribution in [3.63, 3.8) is 0 Å². The fraction of sp³-hybridized carbons (Fsp3) is 0.583. The van der Waals surface area contributed by atoms with E-state index in [4.69, 9.17) is 0 Å². The Hall–Kier alpha value is -1.23. The van der Waals surface area contributed by atoms with E-state index in [0.29, 0.717) is 12.6 Å². The molecular formula is C12H17F2N3. The van der Waals surface area contributed by atoms with Crippen LogP contribution in [0.15, 0.2) is 12.3 Å². The Balaban J connectivity index is 1.93. The molecule has 1 aliphatic heterocycles. The lowest BCUT2D eigenvalue weighted by Crippen LogP contribution is -2.34. The molecule has 94 valence electrons. The fourth-order valence-electron chi connectivity index (χ4n) is 2.30. The summed E-state index contributed by atoms with van der Waals surface area (Å²) in [5.41, 5.74) is 0. The smallest absolute Gasteiger partial charge is 0.168 e. The first-order valence-corrected chi connectivity index (χ1v) is 5.99. The van der Waals surface area contributed by atoms with Crippen LogP contribution >= 0.6 is 0 Å². The summed E-state index contributed by atoms with van der Waals surface area (Å²) in [6, 6.07) is 1.27. The van der Waals surface area contributed by atoms with Crippen LogP contribution in [0.25, 0.3) is 0 Å². The molecule has 17 heavy (non-hydrogen) atoms. The van der Waals surface area contributed by atoms with Crippen LogP contribution in [0, 0.1) is 11.6 Å². The number of halogens is 2. The predicted octanol–water partition coefficient (Wildman–Crippen LogP) is 2.26. The Bertz CT molecular complexity index is 384. The van der Waals surface area contributed by atoms with Crippen molar-refractivity contribution in [2.75, 3.05) is 25.0 Å². The van der Waals surface area contributed by atoms with E-state index in [9.17, 15) is 8.78 Å². The summed E-state index contributed by atoms with van der Waals surface area (Å²) in [6.07, 6.45) is 3.32. The maximum Gasteiger partial charge on any atom is 0.168 e. The van der Waals surface area contributed by atoms with Gasteiger partial charge in [-0.1, -0.05) is 6.92 Å². The molecule has 5 heteroatoms. The van der Waals surface area contributed by atoms with Crippen LogP contribution in [0.4, 0.5) is 14.6 Å². The third kappa shape index (κ3) is 2.91. The van der Waals surface area contributed by atoms with Crippen molar-refractivity contribution in [3.8, 4) is 0 Å². The Morgan fingerprint density at radius 2 is 2.35 bits per heavy atom. The maximum atomic E-state index is 13.3.